The summed E-state index contributed by atoms with van der Waals surface area (Å²) in [5, 5.41) is 2.85. The summed E-state index contributed by atoms with van der Waals surface area (Å²) in [4.78, 5) is 12.1. The van der Waals surface area contributed by atoms with Crippen molar-refractivity contribution in [1.29, 1.82) is 0 Å². The van der Waals surface area contributed by atoms with E-state index in [1.807, 2.05) is 39.0 Å². The molecular formula is C16H19NO3. The Morgan fingerprint density at radius 3 is 2.75 bits per heavy atom. The minimum atomic E-state index is -0.250. The molecule has 4 heteroatoms. The van der Waals surface area contributed by atoms with Crippen molar-refractivity contribution in [3.05, 3.63) is 53.0 Å². The lowest BCUT2D eigenvalue weighted by atomic mass is 10.1. The van der Waals surface area contributed by atoms with E-state index in [-0.39, 0.29) is 5.91 Å². The molecule has 0 unspecified atom stereocenters. The Morgan fingerprint density at radius 1 is 1.25 bits per heavy atom. The van der Waals surface area contributed by atoms with Crippen LogP contribution in [-0.2, 0) is 11.3 Å². The third kappa shape index (κ3) is 3.48. The molecule has 2 rings (SSSR count). The zero-order chi connectivity index (χ0) is 14.5. The van der Waals surface area contributed by atoms with Crippen LogP contribution in [0, 0.1) is 13.8 Å². The minimum absolute atomic E-state index is 0.250. The maximum absolute atomic E-state index is 12.1. The number of benzene rings is 1. The van der Waals surface area contributed by atoms with Crippen LogP contribution in [-0.4, -0.2) is 12.5 Å². The average molecular weight is 273 g/mol. The Labute approximate surface area is 118 Å². The molecule has 20 heavy (non-hydrogen) atoms. The maximum atomic E-state index is 12.1. The number of aryl methyl sites for hydroxylation is 2. The first-order valence-corrected chi connectivity index (χ1v) is 6.65. The van der Waals surface area contributed by atoms with Gasteiger partial charge in [0.25, 0.3) is 5.91 Å². The molecule has 1 N–H and O–H groups in total. The summed E-state index contributed by atoms with van der Waals surface area (Å²) in [5.74, 6) is 0.692. The summed E-state index contributed by atoms with van der Waals surface area (Å²) in [5.41, 5.74) is 2.99. The summed E-state index contributed by atoms with van der Waals surface area (Å²) in [6.07, 6.45) is 0. The monoisotopic (exact) mass is 273 g/mol. The third-order valence-electron chi connectivity index (χ3n) is 2.96. The molecule has 0 radical (unpaired) electrons. The molecular weight excluding hydrogens is 254 g/mol. The highest BCUT2D eigenvalue weighted by Gasteiger charge is 2.12. The first kappa shape index (κ1) is 14.3. The Morgan fingerprint density at radius 2 is 2.05 bits per heavy atom. The second-order valence-corrected chi connectivity index (χ2v) is 4.68. The van der Waals surface area contributed by atoms with Crippen molar-refractivity contribution in [3.8, 4) is 0 Å². The summed E-state index contributed by atoms with van der Waals surface area (Å²) in [6, 6.07) is 9.30. The Bertz CT molecular complexity index is 602. The van der Waals surface area contributed by atoms with Crippen LogP contribution in [0.1, 0.15) is 34.4 Å². The number of hydrogen-bond acceptors (Lipinski definition) is 3. The fraction of sp³-hybridized carbons (Fsp3) is 0.312. The third-order valence-corrected chi connectivity index (χ3v) is 2.96. The number of hydrogen-bond donors (Lipinski definition) is 1. The molecule has 1 heterocycles. The Kier molecular flexibility index (Phi) is 4.58. The number of carbonyl (C=O) groups excluding carboxylic acids is 1. The normalized spacial score (nSPS) is 10.6. The molecule has 0 atom stereocenters. The fourth-order valence-corrected chi connectivity index (χ4v) is 1.92. The van der Waals surface area contributed by atoms with Crippen LogP contribution in [0.5, 0.6) is 0 Å². The van der Waals surface area contributed by atoms with Gasteiger partial charge in [-0.05, 0) is 44.5 Å². The van der Waals surface area contributed by atoms with Crippen LogP contribution >= 0.6 is 0 Å². The van der Waals surface area contributed by atoms with Gasteiger partial charge in [-0.3, -0.25) is 4.79 Å². The van der Waals surface area contributed by atoms with E-state index < -0.39 is 0 Å². The first-order valence-electron chi connectivity index (χ1n) is 6.65. The van der Waals surface area contributed by atoms with Crippen molar-refractivity contribution in [1.82, 2.24) is 0 Å². The van der Waals surface area contributed by atoms with E-state index in [0.29, 0.717) is 24.7 Å². The SMILES string of the molecule is CCOCc1ccc(C(=O)Nc2ccc(C)cc2C)o1. The molecule has 106 valence electrons. The molecule has 0 saturated carbocycles. The van der Waals surface area contributed by atoms with E-state index in [2.05, 4.69) is 5.32 Å². The van der Waals surface area contributed by atoms with Crippen molar-refractivity contribution < 1.29 is 13.9 Å². The number of carbonyl (C=O) groups is 1. The molecule has 1 aromatic carbocycles. The predicted molar refractivity (Wildman–Crippen MR) is 77.9 cm³/mol. The van der Waals surface area contributed by atoms with Gasteiger partial charge in [0.15, 0.2) is 5.76 Å². The lowest BCUT2D eigenvalue weighted by Gasteiger charge is -2.07. The van der Waals surface area contributed by atoms with E-state index in [9.17, 15) is 4.79 Å². The van der Waals surface area contributed by atoms with E-state index in [4.69, 9.17) is 9.15 Å². The summed E-state index contributed by atoms with van der Waals surface area (Å²) in [6.45, 7) is 6.89. The van der Waals surface area contributed by atoms with Gasteiger partial charge in [-0.15, -0.1) is 0 Å². The van der Waals surface area contributed by atoms with Gasteiger partial charge in [0.2, 0.25) is 0 Å². The van der Waals surface area contributed by atoms with Crippen LogP contribution in [0.4, 0.5) is 5.69 Å². The molecule has 0 saturated heterocycles. The Balaban J connectivity index is 2.06. The first-order chi connectivity index (χ1) is 9.60. The molecule has 0 bridgehead atoms. The molecule has 0 fully saturated rings. The van der Waals surface area contributed by atoms with E-state index in [0.717, 1.165) is 16.8 Å². The largest absolute Gasteiger partial charge is 0.453 e. The predicted octanol–water partition coefficient (Wildman–Crippen LogP) is 3.69. The maximum Gasteiger partial charge on any atom is 0.291 e. The quantitative estimate of drug-likeness (QED) is 0.904. The van der Waals surface area contributed by atoms with Crippen molar-refractivity contribution >= 4 is 11.6 Å². The number of ether oxygens (including phenoxy) is 1. The van der Waals surface area contributed by atoms with Gasteiger partial charge in [0.1, 0.15) is 12.4 Å². The molecule has 1 amide bonds. The highest BCUT2D eigenvalue weighted by molar-refractivity contribution is 6.02. The van der Waals surface area contributed by atoms with Gasteiger partial charge in [-0.2, -0.15) is 0 Å². The lowest BCUT2D eigenvalue weighted by Crippen LogP contribution is -2.11. The van der Waals surface area contributed by atoms with E-state index in [1.165, 1.54) is 0 Å². The van der Waals surface area contributed by atoms with Gasteiger partial charge in [0, 0.05) is 12.3 Å². The zero-order valence-corrected chi connectivity index (χ0v) is 12.0. The molecule has 0 aliphatic carbocycles. The minimum Gasteiger partial charge on any atom is -0.453 e. The number of nitrogens with one attached hydrogen (secondary N) is 1. The second kappa shape index (κ2) is 6.39. The smallest absolute Gasteiger partial charge is 0.291 e. The highest BCUT2D eigenvalue weighted by atomic mass is 16.5. The summed E-state index contributed by atoms with van der Waals surface area (Å²) in [7, 11) is 0. The summed E-state index contributed by atoms with van der Waals surface area (Å²) >= 11 is 0. The number of anilines is 1. The molecule has 0 spiro atoms. The number of amides is 1. The van der Waals surface area contributed by atoms with Crippen LogP contribution in [0.25, 0.3) is 0 Å². The van der Waals surface area contributed by atoms with Gasteiger partial charge < -0.3 is 14.5 Å². The van der Waals surface area contributed by atoms with Gasteiger partial charge in [-0.1, -0.05) is 17.7 Å². The Hall–Kier alpha value is -2.07. The van der Waals surface area contributed by atoms with Crippen molar-refractivity contribution in [2.75, 3.05) is 11.9 Å². The molecule has 0 aliphatic heterocycles. The lowest BCUT2D eigenvalue weighted by molar-refractivity contribution is 0.0972. The standard InChI is InChI=1S/C16H19NO3/c1-4-19-10-13-6-8-15(20-13)16(18)17-14-7-5-11(2)9-12(14)3/h5-9H,4,10H2,1-3H3,(H,17,18). The number of furan rings is 1. The van der Waals surface area contributed by atoms with Gasteiger partial charge >= 0.3 is 0 Å². The average Bonchev–Trinajstić information content (AvgIpc) is 2.88. The second-order valence-electron chi connectivity index (χ2n) is 4.68. The molecule has 1 aromatic heterocycles. The zero-order valence-electron chi connectivity index (χ0n) is 12.0. The van der Waals surface area contributed by atoms with Crippen molar-refractivity contribution in [3.63, 3.8) is 0 Å². The van der Waals surface area contributed by atoms with Gasteiger partial charge in [0.05, 0.1) is 0 Å². The molecule has 2 aromatic rings. The van der Waals surface area contributed by atoms with Crippen LogP contribution in [0.3, 0.4) is 0 Å². The van der Waals surface area contributed by atoms with Crippen LogP contribution in [0.15, 0.2) is 34.7 Å². The van der Waals surface area contributed by atoms with Crippen LogP contribution < -0.4 is 5.32 Å². The summed E-state index contributed by atoms with van der Waals surface area (Å²) < 4.78 is 10.7. The van der Waals surface area contributed by atoms with E-state index >= 15 is 0 Å². The van der Waals surface area contributed by atoms with Crippen molar-refractivity contribution in [2.45, 2.75) is 27.4 Å². The highest BCUT2D eigenvalue weighted by Crippen LogP contribution is 2.18. The van der Waals surface area contributed by atoms with E-state index in [1.54, 1.807) is 12.1 Å². The topological polar surface area (TPSA) is 51.5 Å². The fourth-order valence-electron chi connectivity index (χ4n) is 1.92. The number of rotatable bonds is 5. The van der Waals surface area contributed by atoms with Gasteiger partial charge in [-0.25, -0.2) is 0 Å². The molecule has 4 nitrogen and oxygen atoms in total. The van der Waals surface area contributed by atoms with Crippen LogP contribution in [0.2, 0.25) is 0 Å². The van der Waals surface area contributed by atoms with Crippen molar-refractivity contribution in [2.24, 2.45) is 0 Å². The molecule has 0 aliphatic rings.